The molecule has 0 aliphatic carbocycles. The van der Waals surface area contributed by atoms with E-state index in [0.29, 0.717) is 5.95 Å². The summed E-state index contributed by atoms with van der Waals surface area (Å²) in [7, 11) is 1.79. The molecule has 0 spiro atoms. The van der Waals surface area contributed by atoms with Gasteiger partial charge in [-0.05, 0) is 45.3 Å². The maximum Gasteiger partial charge on any atom is 0.263 e. The van der Waals surface area contributed by atoms with E-state index >= 15 is 0 Å². The minimum Gasteiger partial charge on any atom is -0.354 e. The van der Waals surface area contributed by atoms with Gasteiger partial charge in [0.1, 0.15) is 4.83 Å². The summed E-state index contributed by atoms with van der Waals surface area (Å²) in [5.74, 6) is 0.674. The van der Waals surface area contributed by atoms with Crippen molar-refractivity contribution in [2.24, 2.45) is 7.05 Å². The van der Waals surface area contributed by atoms with Crippen LogP contribution >= 0.6 is 11.3 Å². The smallest absolute Gasteiger partial charge is 0.263 e. The van der Waals surface area contributed by atoms with Crippen molar-refractivity contribution in [1.82, 2.24) is 14.5 Å². The standard InChI is InChI=1S/C15H22N4OS/c1-10-11(2)21-13-12(10)14(20)18(3)15(17-13)16-6-9-19-7-4-5-8-19/h4-9H2,1-3H3,(H,16,17). The number of aromatic nitrogens is 2. The molecule has 21 heavy (non-hydrogen) atoms. The first kappa shape index (κ1) is 14.5. The molecule has 1 N–H and O–H groups in total. The van der Waals surface area contributed by atoms with Crippen LogP contribution in [0.2, 0.25) is 0 Å². The van der Waals surface area contributed by atoms with Crippen molar-refractivity contribution in [2.75, 3.05) is 31.5 Å². The molecular formula is C15H22N4OS. The molecular weight excluding hydrogens is 284 g/mol. The molecule has 3 heterocycles. The lowest BCUT2D eigenvalue weighted by atomic mass is 10.2. The van der Waals surface area contributed by atoms with Gasteiger partial charge in [0.25, 0.3) is 5.56 Å². The van der Waals surface area contributed by atoms with E-state index in [9.17, 15) is 4.79 Å². The Kier molecular flexibility index (Phi) is 3.99. The monoisotopic (exact) mass is 306 g/mol. The molecule has 6 heteroatoms. The molecule has 0 unspecified atom stereocenters. The van der Waals surface area contributed by atoms with Crippen molar-refractivity contribution in [3.05, 3.63) is 20.8 Å². The Bertz CT molecular complexity index is 713. The second kappa shape index (κ2) is 5.77. The van der Waals surface area contributed by atoms with E-state index in [1.807, 2.05) is 13.8 Å². The summed E-state index contributed by atoms with van der Waals surface area (Å²) >= 11 is 1.60. The molecule has 114 valence electrons. The fraction of sp³-hybridized carbons (Fsp3) is 0.600. The van der Waals surface area contributed by atoms with Gasteiger partial charge in [0.15, 0.2) is 0 Å². The molecule has 2 aromatic rings. The zero-order valence-corrected chi connectivity index (χ0v) is 13.7. The maximum absolute atomic E-state index is 12.5. The Morgan fingerprint density at radius 2 is 2.00 bits per heavy atom. The quantitative estimate of drug-likeness (QED) is 0.940. The van der Waals surface area contributed by atoms with Crippen LogP contribution in [0, 0.1) is 13.8 Å². The highest BCUT2D eigenvalue weighted by Crippen LogP contribution is 2.26. The molecule has 1 saturated heterocycles. The Labute approximate surface area is 128 Å². The molecule has 0 bridgehead atoms. The summed E-state index contributed by atoms with van der Waals surface area (Å²) in [6, 6.07) is 0. The number of hydrogen-bond acceptors (Lipinski definition) is 5. The van der Waals surface area contributed by atoms with Crippen LogP contribution in [0.4, 0.5) is 5.95 Å². The van der Waals surface area contributed by atoms with Crippen LogP contribution in [0.25, 0.3) is 10.2 Å². The molecule has 0 radical (unpaired) electrons. The van der Waals surface area contributed by atoms with Gasteiger partial charge in [-0.25, -0.2) is 4.98 Å². The van der Waals surface area contributed by atoms with E-state index in [1.54, 1.807) is 23.0 Å². The van der Waals surface area contributed by atoms with Crippen LogP contribution in [0.5, 0.6) is 0 Å². The molecule has 1 fully saturated rings. The molecule has 0 atom stereocenters. The Hall–Kier alpha value is -1.40. The van der Waals surface area contributed by atoms with Crippen LogP contribution in [0.1, 0.15) is 23.3 Å². The molecule has 1 aliphatic rings. The van der Waals surface area contributed by atoms with Gasteiger partial charge in [-0.3, -0.25) is 9.36 Å². The predicted molar refractivity (Wildman–Crippen MR) is 88.5 cm³/mol. The molecule has 0 saturated carbocycles. The van der Waals surface area contributed by atoms with Crippen molar-refractivity contribution in [2.45, 2.75) is 26.7 Å². The third-order valence-corrected chi connectivity index (χ3v) is 5.42. The number of hydrogen-bond donors (Lipinski definition) is 1. The predicted octanol–water partition coefficient (Wildman–Crippen LogP) is 2.12. The molecule has 2 aromatic heterocycles. The van der Waals surface area contributed by atoms with E-state index in [-0.39, 0.29) is 5.56 Å². The van der Waals surface area contributed by atoms with Crippen LogP contribution in [0.3, 0.4) is 0 Å². The zero-order valence-electron chi connectivity index (χ0n) is 12.9. The van der Waals surface area contributed by atoms with Gasteiger partial charge in [0.05, 0.1) is 5.39 Å². The average Bonchev–Trinajstić information content (AvgIpc) is 3.05. The lowest BCUT2D eigenvalue weighted by Gasteiger charge is -2.16. The second-order valence-electron chi connectivity index (χ2n) is 5.74. The minimum absolute atomic E-state index is 0.0468. The van der Waals surface area contributed by atoms with Crippen LogP contribution < -0.4 is 10.9 Å². The summed E-state index contributed by atoms with van der Waals surface area (Å²) in [6.07, 6.45) is 2.60. The van der Waals surface area contributed by atoms with Crippen molar-refractivity contribution >= 4 is 27.5 Å². The number of fused-ring (bicyclic) bond motifs is 1. The summed E-state index contributed by atoms with van der Waals surface area (Å²) in [4.78, 5) is 21.6. The van der Waals surface area contributed by atoms with Gasteiger partial charge in [0.2, 0.25) is 5.95 Å². The molecule has 3 rings (SSSR count). The fourth-order valence-corrected chi connectivity index (χ4v) is 3.88. The summed E-state index contributed by atoms with van der Waals surface area (Å²) in [5.41, 5.74) is 1.11. The SMILES string of the molecule is Cc1sc2nc(NCCN3CCCC3)n(C)c(=O)c2c1C. The third kappa shape index (κ3) is 2.70. The van der Waals surface area contributed by atoms with Gasteiger partial charge in [-0.1, -0.05) is 0 Å². The van der Waals surface area contributed by atoms with Gasteiger partial charge in [-0.2, -0.15) is 0 Å². The number of nitrogens with one attached hydrogen (secondary N) is 1. The summed E-state index contributed by atoms with van der Waals surface area (Å²) in [6.45, 7) is 8.26. The number of rotatable bonds is 4. The third-order valence-electron chi connectivity index (χ3n) is 4.32. The van der Waals surface area contributed by atoms with Gasteiger partial charge in [-0.15, -0.1) is 11.3 Å². The second-order valence-corrected chi connectivity index (χ2v) is 6.94. The largest absolute Gasteiger partial charge is 0.354 e. The number of anilines is 1. The van der Waals surface area contributed by atoms with E-state index < -0.39 is 0 Å². The highest BCUT2D eigenvalue weighted by molar-refractivity contribution is 7.18. The fourth-order valence-electron chi connectivity index (χ4n) is 2.86. The number of likely N-dealkylation sites (tertiary alicyclic amines) is 1. The van der Waals surface area contributed by atoms with Gasteiger partial charge < -0.3 is 10.2 Å². The minimum atomic E-state index is 0.0468. The zero-order chi connectivity index (χ0) is 15.0. The van der Waals surface area contributed by atoms with Crippen LogP contribution in [-0.2, 0) is 7.05 Å². The van der Waals surface area contributed by atoms with Crippen molar-refractivity contribution in [3.63, 3.8) is 0 Å². The Balaban J connectivity index is 1.82. The average molecular weight is 306 g/mol. The van der Waals surface area contributed by atoms with E-state index in [2.05, 4.69) is 15.2 Å². The molecule has 1 aliphatic heterocycles. The molecule has 0 aromatic carbocycles. The molecule has 5 nitrogen and oxygen atoms in total. The van der Waals surface area contributed by atoms with E-state index in [0.717, 1.165) is 28.9 Å². The van der Waals surface area contributed by atoms with Crippen LogP contribution in [-0.4, -0.2) is 40.6 Å². The Morgan fingerprint density at radius 1 is 1.29 bits per heavy atom. The topological polar surface area (TPSA) is 50.2 Å². The summed E-state index contributed by atoms with van der Waals surface area (Å²) < 4.78 is 1.63. The first-order valence-corrected chi connectivity index (χ1v) is 8.32. The van der Waals surface area contributed by atoms with E-state index in [1.165, 1.54) is 30.8 Å². The highest BCUT2D eigenvalue weighted by atomic mass is 32.1. The lowest BCUT2D eigenvalue weighted by molar-refractivity contribution is 0.352. The highest BCUT2D eigenvalue weighted by Gasteiger charge is 2.15. The van der Waals surface area contributed by atoms with Crippen molar-refractivity contribution < 1.29 is 0 Å². The number of thiophene rings is 1. The Morgan fingerprint density at radius 3 is 2.71 bits per heavy atom. The number of aryl methyl sites for hydroxylation is 2. The first-order valence-electron chi connectivity index (χ1n) is 7.51. The summed E-state index contributed by atoms with van der Waals surface area (Å²) in [5, 5.41) is 4.09. The van der Waals surface area contributed by atoms with Crippen molar-refractivity contribution in [1.29, 1.82) is 0 Å². The molecule has 0 amide bonds. The van der Waals surface area contributed by atoms with Gasteiger partial charge >= 0.3 is 0 Å². The first-order chi connectivity index (χ1) is 10.1. The normalized spacial score (nSPS) is 16.0. The lowest BCUT2D eigenvalue weighted by Crippen LogP contribution is -2.28. The van der Waals surface area contributed by atoms with Crippen LogP contribution in [0.15, 0.2) is 4.79 Å². The number of nitrogens with zero attached hydrogens (tertiary/aromatic N) is 3. The van der Waals surface area contributed by atoms with E-state index in [4.69, 9.17) is 0 Å². The van der Waals surface area contributed by atoms with Crippen molar-refractivity contribution in [3.8, 4) is 0 Å². The maximum atomic E-state index is 12.5. The van der Waals surface area contributed by atoms with Gasteiger partial charge in [0, 0.05) is 25.0 Å².